The number of nitrogens with one attached hydrogen (secondary N) is 1. The minimum absolute atomic E-state index is 0.0343. The number of fused-ring (bicyclic) bond motifs is 1. The summed E-state index contributed by atoms with van der Waals surface area (Å²) >= 11 is 0. The second kappa shape index (κ2) is 5.49. The fraction of sp³-hybridized carbons (Fsp3) is 0.409. The van der Waals surface area contributed by atoms with E-state index in [2.05, 4.69) is 17.4 Å². The molecule has 3 aliphatic carbocycles. The smallest absolute Gasteiger partial charge is 0.311 e. The van der Waals surface area contributed by atoms with Gasteiger partial charge in [0.1, 0.15) is 0 Å². The molecule has 3 N–H and O–H groups in total. The first-order chi connectivity index (χ1) is 13.1. The van der Waals surface area contributed by atoms with Crippen LogP contribution in [0.2, 0.25) is 0 Å². The quantitative estimate of drug-likeness (QED) is 0.780. The molecule has 0 radical (unpaired) electrons. The molecule has 0 spiro atoms. The number of rotatable bonds is 3. The SMILES string of the molecule is COc1cc(C23CCC(c4ccccc42)C2(C(=O)O)CNCC32)ccc1O. The summed E-state index contributed by atoms with van der Waals surface area (Å²) in [7, 11) is 1.54. The van der Waals surface area contributed by atoms with Crippen molar-refractivity contribution in [2.24, 2.45) is 11.3 Å². The fourth-order valence-electron chi connectivity index (χ4n) is 6.30. The van der Waals surface area contributed by atoms with Crippen LogP contribution in [0.15, 0.2) is 42.5 Å². The van der Waals surface area contributed by atoms with E-state index in [1.165, 1.54) is 5.56 Å². The highest BCUT2D eigenvalue weighted by atomic mass is 16.5. The second-order valence-corrected chi connectivity index (χ2v) is 8.07. The van der Waals surface area contributed by atoms with Crippen LogP contribution < -0.4 is 10.1 Å². The van der Waals surface area contributed by atoms with E-state index in [4.69, 9.17) is 4.74 Å². The molecule has 4 aliphatic rings. The lowest BCUT2D eigenvalue weighted by atomic mass is 9.42. The Balaban J connectivity index is 1.83. The molecule has 1 aliphatic heterocycles. The summed E-state index contributed by atoms with van der Waals surface area (Å²) in [5, 5.41) is 23.8. The normalized spacial score (nSPS) is 33.4. The van der Waals surface area contributed by atoms with Crippen molar-refractivity contribution in [1.82, 2.24) is 5.32 Å². The Bertz CT molecular complexity index is 942. The minimum atomic E-state index is -0.794. The Morgan fingerprint density at radius 3 is 2.85 bits per heavy atom. The summed E-state index contributed by atoms with van der Waals surface area (Å²) in [5.41, 5.74) is 2.24. The maximum atomic E-state index is 12.6. The monoisotopic (exact) mass is 365 g/mol. The second-order valence-electron chi connectivity index (χ2n) is 8.07. The molecule has 1 heterocycles. The zero-order chi connectivity index (χ0) is 18.8. The Morgan fingerprint density at radius 2 is 2.07 bits per heavy atom. The van der Waals surface area contributed by atoms with Gasteiger partial charge in [-0.05, 0) is 41.7 Å². The van der Waals surface area contributed by atoms with E-state index in [0.717, 1.165) is 24.0 Å². The van der Waals surface area contributed by atoms with Crippen molar-refractivity contribution in [3.05, 3.63) is 59.2 Å². The van der Waals surface area contributed by atoms with Gasteiger partial charge in [-0.15, -0.1) is 0 Å². The van der Waals surface area contributed by atoms with Crippen molar-refractivity contribution < 1.29 is 19.7 Å². The number of hydrogen-bond donors (Lipinski definition) is 3. The molecule has 1 saturated heterocycles. The van der Waals surface area contributed by atoms with Crippen LogP contribution in [0.5, 0.6) is 11.5 Å². The van der Waals surface area contributed by atoms with Crippen molar-refractivity contribution >= 4 is 5.97 Å². The lowest BCUT2D eigenvalue weighted by Gasteiger charge is -2.59. The number of phenolic OH excluding ortho intramolecular Hbond substituents is 1. The number of benzene rings is 2. The zero-order valence-electron chi connectivity index (χ0n) is 15.2. The van der Waals surface area contributed by atoms with Crippen molar-refractivity contribution in [3.8, 4) is 11.5 Å². The lowest BCUT2D eigenvalue weighted by Crippen LogP contribution is -2.60. The average molecular weight is 365 g/mol. The van der Waals surface area contributed by atoms with Gasteiger partial charge in [-0.3, -0.25) is 4.79 Å². The van der Waals surface area contributed by atoms with E-state index in [-0.39, 0.29) is 17.6 Å². The number of hydrogen-bond acceptors (Lipinski definition) is 4. The summed E-state index contributed by atoms with van der Waals surface area (Å²) in [6.07, 6.45) is 1.76. The number of phenols is 1. The molecule has 2 bridgehead atoms. The first kappa shape index (κ1) is 16.6. The molecule has 2 aromatic rings. The fourth-order valence-corrected chi connectivity index (χ4v) is 6.30. The number of carbonyl (C=O) groups is 1. The minimum Gasteiger partial charge on any atom is -0.504 e. The van der Waals surface area contributed by atoms with Gasteiger partial charge in [0, 0.05) is 30.3 Å². The zero-order valence-corrected chi connectivity index (χ0v) is 15.2. The third-order valence-electron chi connectivity index (χ3n) is 7.34. The lowest BCUT2D eigenvalue weighted by molar-refractivity contribution is -0.157. The van der Waals surface area contributed by atoms with Gasteiger partial charge in [0.25, 0.3) is 0 Å². The van der Waals surface area contributed by atoms with Crippen LogP contribution in [0.25, 0.3) is 0 Å². The topological polar surface area (TPSA) is 78.8 Å². The Hall–Kier alpha value is -2.53. The number of aromatic hydroxyl groups is 1. The van der Waals surface area contributed by atoms with Gasteiger partial charge in [0.2, 0.25) is 0 Å². The predicted molar refractivity (Wildman–Crippen MR) is 100 cm³/mol. The maximum Gasteiger partial charge on any atom is 0.311 e. The van der Waals surface area contributed by atoms with Gasteiger partial charge < -0.3 is 20.3 Å². The van der Waals surface area contributed by atoms with Crippen LogP contribution >= 0.6 is 0 Å². The number of aliphatic carboxylic acids is 1. The molecule has 4 unspecified atom stereocenters. The molecule has 5 nitrogen and oxygen atoms in total. The molecular weight excluding hydrogens is 342 g/mol. The molecule has 27 heavy (non-hydrogen) atoms. The highest BCUT2D eigenvalue weighted by molar-refractivity contribution is 5.80. The van der Waals surface area contributed by atoms with Gasteiger partial charge in [0.05, 0.1) is 12.5 Å². The van der Waals surface area contributed by atoms with Crippen LogP contribution in [0.1, 0.15) is 35.4 Å². The summed E-state index contributed by atoms with van der Waals surface area (Å²) < 4.78 is 5.37. The number of methoxy groups -OCH3 is 1. The molecular formula is C22H23NO4. The maximum absolute atomic E-state index is 12.6. The highest BCUT2D eigenvalue weighted by Crippen LogP contribution is 2.67. The van der Waals surface area contributed by atoms with Crippen LogP contribution in [-0.4, -0.2) is 36.4 Å². The van der Waals surface area contributed by atoms with Crippen LogP contribution in [-0.2, 0) is 10.2 Å². The molecule has 140 valence electrons. The molecule has 5 heteroatoms. The molecule has 4 atom stereocenters. The first-order valence-electron chi connectivity index (χ1n) is 9.46. The van der Waals surface area contributed by atoms with E-state index < -0.39 is 16.8 Å². The Morgan fingerprint density at radius 1 is 1.26 bits per heavy atom. The van der Waals surface area contributed by atoms with Crippen molar-refractivity contribution in [2.45, 2.75) is 24.2 Å². The van der Waals surface area contributed by atoms with Gasteiger partial charge in [-0.25, -0.2) is 0 Å². The van der Waals surface area contributed by atoms with Crippen molar-refractivity contribution in [3.63, 3.8) is 0 Å². The van der Waals surface area contributed by atoms with Crippen molar-refractivity contribution in [2.75, 3.05) is 20.2 Å². The summed E-state index contributed by atoms with van der Waals surface area (Å²) in [6, 6.07) is 13.8. The van der Waals surface area contributed by atoms with Gasteiger partial charge in [0.15, 0.2) is 11.5 Å². The molecule has 1 saturated carbocycles. The van der Waals surface area contributed by atoms with E-state index in [0.29, 0.717) is 18.8 Å². The third-order valence-corrected chi connectivity index (χ3v) is 7.34. The number of carboxylic acids is 1. The third kappa shape index (κ3) is 1.85. The van der Waals surface area contributed by atoms with Gasteiger partial charge in [-0.2, -0.15) is 0 Å². The van der Waals surface area contributed by atoms with E-state index in [9.17, 15) is 15.0 Å². The summed E-state index contributed by atoms with van der Waals surface area (Å²) in [5.74, 6) is -0.173. The number of carboxylic acid groups (broad SMARTS) is 1. The average Bonchev–Trinajstić information content (AvgIpc) is 3.17. The first-order valence-corrected chi connectivity index (χ1v) is 9.46. The Labute approximate surface area is 158 Å². The highest BCUT2D eigenvalue weighted by Gasteiger charge is 2.68. The molecule has 0 amide bonds. The summed E-state index contributed by atoms with van der Waals surface area (Å²) in [6.45, 7) is 1.18. The Kier molecular flexibility index (Phi) is 3.38. The van der Waals surface area contributed by atoms with Crippen LogP contribution in [0.3, 0.4) is 0 Å². The van der Waals surface area contributed by atoms with Crippen LogP contribution in [0, 0.1) is 11.3 Å². The largest absolute Gasteiger partial charge is 0.504 e. The van der Waals surface area contributed by atoms with Gasteiger partial charge in [-0.1, -0.05) is 30.3 Å². The van der Waals surface area contributed by atoms with E-state index in [1.807, 2.05) is 24.3 Å². The number of ether oxygens (including phenoxy) is 1. The van der Waals surface area contributed by atoms with E-state index >= 15 is 0 Å². The predicted octanol–water partition coefficient (Wildman–Crippen LogP) is 2.87. The van der Waals surface area contributed by atoms with Crippen molar-refractivity contribution in [1.29, 1.82) is 0 Å². The molecule has 2 aromatic carbocycles. The molecule has 6 rings (SSSR count). The standard InChI is InChI=1S/C22H23NO4/c1-27-18-10-13(6-7-17(18)24)21-9-8-16(14-4-2-3-5-15(14)21)22(20(25)26)12-23-11-19(21)22/h2-7,10,16,19,23-24H,8-9,11-12H2,1H3,(H,25,26). The van der Waals surface area contributed by atoms with Gasteiger partial charge >= 0.3 is 5.97 Å². The molecule has 2 fully saturated rings. The summed E-state index contributed by atoms with van der Waals surface area (Å²) in [4.78, 5) is 12.6. The van der Waals surface area contributed by atoms with E-state index in [1.54, 1.807) is 13.2 Å². The van der Waals surface area contributed by atoms with Crippen LogP contribution in [0.4, 0.5) is 0 Å². The molecule has 0 aromatic heterocycles.